The molecule has 0 aliphatic carbocycles. The Morgan fingerprint density at radius 1 is 1.05 bits per heavy atom. The molecule has 102 valence electrons. The van der Waals surface area contributed by atoms with Gasteiger partial charge in [0, 0.05) is 5.41 Å². The van der Waals surface area contributed by atoms with Crippen LogP contribution in [0, 0.1) is 5.41 Å². The van der Waals surface area contributed by atoms with Gasteiger partial charge >= 0.3 is 11.9 Å². The number of benzene rings is 1. The van der Waals surface area contributed by atoms with Gasteiger partial charge in [0.2, 0.25) is 5.91 Å². The summed E-state index contributed by atoms with van der Waals surface area (Å²) < 4.78 is 0. The number of rotatable bonds is 3. The van der Waals surface area contributed by atoms with E-state index in [0.29, 0.717) is 0 Å². The largest absolute Gasteiger partial charge is 0.478 e. The number of carbonyl (C=O) groups excluding carboxylic acids is 1. The SMILES string of the molecule is CC(C)(C)C(=O)Nc1cc(C(=O)O)ccc1C(=O)O. The Hall–Kier alpha value is -2.37. The maximum Gasteiger partial charge on any atom is 0.337 e. The van der Waals surface area contributed by atoms with Crippen molar-refractivity contribution in [3.63, 3.8) is 0 Å². The van der Waals surface area contributed by atoms with E-state index < -0.39 is 23.3 Å². The molecule has 3 N–H and O–H groups in total. The van der Waals surface area contributed by atoms with Gasteiger partial charge in [0.15, 0.2) is 0 Å². The monoisotopic (exact) mass is 265 g/mol. The van der Waals surface area contributed by atoms with E-state index in [2.05, 4.69) is 5.32 Å². The van der Waals surface area contributed by atoms with Crippen molar-refractivity contribution < 1.29 is 24.6 Å². The van der Waals surface area contributed by atoms with E-state index in [0.717, 1.165) is 12.1 Å². The third-order valence-electron chi connectivity index (χ3n) is 2.43. The molecule has 1 aromatic rings. The maximum absolute atomic E-state index is 11.8. The highest BCUT2D eigenvalue weighted by Gasteiger charge is 2.23. The van der Waals surface area contributed by atoms with Gasteiger partial charge in [0.1, 0.15) is 0 Å². The minimum Gasteiger partial charge on any atom is -0.478 e. The van der Waals surface area contributed by atoms with Crippen molar-refractivity contribution in [2.75, 3.05) is 5.32 Å². The molecule has 0 aliphatic heterocycles. The Balaban J connectivity index is 3.22. The zero-order chi connectivity index (χ0) is 14.8. The molecular weight excluding hydrogens is 250 g/mol. The van der Waals surface area contributed by atoms with Gasteiger partial charge in [-0.05, 0) is 18.2 Å². The molecule has 0 unspecified atom stereocenters. The van der Waals surface area contributed by atoms with Crippen molar-refractivity contribution in [2.24, 2.45) is 5.41 Å². The molecular formula is C13H15NO5. The van der Waals surface area contributed by atoms with E-state index in [9.17, 15) is 14.4 Å². The fourth-order valence-corrected chi connectivity index (χ4v) is 1.28. The summed E-state index contributed by atoms with van der Waals surface area (Å²) in [6.45, 7) is 5.01. The van der Waals surface area contributed by atoms with E-state index in [1.54, 1.807) is 20.8 Å². The molecule has 0 aliphatic rings. The van der Waals surface area contributed by atoms with Crippen LogP contribution in [-0.4, -0.2) is 28.1 Å². The molecule has 1 aromatic carbocycles. The van der Waals surface area contributed by atoms with Gasteiger partial charge in [-0.15, -0.1) is 0 Å². The lowest BCUT2D eigenvalue weighted by atomic mass is 9.95. The smallest absolute Gasteiger partial charge is 0.337 e. The molecule has 1 rings (SSSR count). The van der Waals surface area contributed by atoms with Crippen LogP contribution in [-0.2, 0) is 4.79 Å². The van der Waals surface area contributed by atoms with Gasteiger partial charge < -0.3 is 15.5 Å². The van der Waals surface area contributed by atoms with Crippen LogP contribution in [0.2, 0.25) is 0 Å². The minimum absolute atomic E-state index is 0.0210. The van der Waals surface area contributed by atoms with Crippen LogP contribution < -0.4 is 5.32 Å². The minimum atomic E-state index is -1.24. The Bertz CT molecular complexity index is 542. The van der Waals surface area contributed by atoms with Gasteiger partial charge in [0.25, 0.3) is 0 Å². The zero-order valence-electron chi connectivity index (χ0n) is 10.9. The second-order valence-corrected chi connectivity index (χ2v) is 5.07. The van der Waals surface area contributed by atoms with Gasteiger partial charge in [-0.3, -0.25) is 4.79 Å². The number of nitrogens with one attached hydrogen (secondary N) is 1. The highest BCUT2D eigenvalue weighted by Crippen LogP contribution is 2.22. The van der Waals surface area contributed by atoms with Crippen molar-refractivity contribution in [3.8, 4) is 0 Å². The van der Waals surface area contributed by atoms with E-state index in [4.69, 9.17) is 10.2 Å². The van der Waals surface area contributed by atoms with Crippen LogP contribution in [0.4, 0.5) is 5.69 Å². The second kappa shape index (κ2) is 5.09. The second-order valence-electron chi connectivity index (χ2n) is 5.07. The molecule has 0 aromatic heterocycles. The van der Waals surface area contributed by atoms with Gasteiger partial charge in [-0.25, -0.2) is 9.59 Å². The molecule has 0 spiro atoms. The van der Waals surface area contributed by atoms with Crippen molar-refractivity contribution in [1.29, 1.82) is 0 Å². The number of hydrogen-bond acceptors (Lipinski definition) is 3. The molecule has 0 atom stereocenters. The first-order valence-electron chi connectivity index (χ1n) is 5.55. The average Bonchev–Trinajstić information content (AvgIpc) is 2.27. The Labute approximate surface area is 110 Å². The van der Waals surface area contributed by atoms with Gasteiger partial charge in [0.05, 0.1) is 16.8 Å². The Kier molecular flexibility index (Phi) is 3.94. The Morgan fingerprint density at radius 2 is 1.63 bits per heavy atom. The molecule has 0 heterocycles. The maximum atomic E-state index is 11.8. The van der Waals surface area contributed by atoms with Crippen LogP contribution in [0.25, 0.3) is 0 Å². The quantitative estimate of drug-likeness (QED) is 0.776. The highest BCUT2D eigenvalue weighted by molar-refractivity contribution is 6.03. The van der Waals surface area contributed by atoms with E-state index >= 15 is 0 Å². The van der Waals surface area contributed by atoms with E-state index in [1.807, 2.05) is 0 Å². The normalized spacial score (nSPS) is 10.9. The Morgan fingerprint density at radius 3 is 2.05 bits per heavy atom. The average molecular weight is 265 g/mol. The molecule has 0 bridgehead atoms. The van der Waals surface area contributed by atoms with E-state index in [1.165, 1.54) is 6.07 Å². The summed E-state index contributed by atoms with van der Waals surface area (Å²) >= 11 is 0. The summed E-state index contributed by atoms with van der Waals surface area (Å²) in [7, 11) is 0. The summed E-state index contributed by atoms with van der Waals surface area (Å²) in [5.74, 6) is -2.82. The number of carboxylic acid groups (broad SMARTS) is 2. The number of amides is 1. The summed E-state index contributed by atoms with van der Waals surface area (Å²) in [4.78, 5) is 33.7. The summed E-state index contributed by atoms with van der Waals surface area (Å²) in [6.07, 6.45) is 0. The number of carbonyl (C=O) groups is 3. The first-order valence-corrected chi connectivity index (χ1v) is 5.55. The van der Waals surface area contributed by atoms with Gasteiger partial charge in [-0.1, -0.05) is 20.8 Å². The van der Waals surface area contributed by atoms with Crippen molar-refractivity contribution in [1.82, 2.24) is 0 Å². The first-order chi connectivity index (χ1) is 8.62. The lowest BCUT2D eigenvalue weighted by Gasteiger charge is -2.18. The third kappa shape index (κ3) is 3.54. The number of carboxylic acids is 2. The molecule has 0 saturated carbocycles. The molecule has 0 fully saturated rings. The lowest BCUT2D eigenvalue weighted by molar-refractivity contribution is -0.123. The summed E-state index contributed by atoms with van der Waals surface area (Å²) in [5.41, 5.74) is -0.973. The predicted molar refractivity (Wildman–Crippen MR) is 68.4 cm³/mol. The zero-order valence-corrected chi connectivity index (χ0v) is 10.9. The number of anilines is 1. The van der Waals surface area contributed by atoms with Crippen LogP contribution in [0.3, 0.4) is 0 Å². The predicted octanol–water partition coefficient (Wildman–Crippen LogP) is 2.07. The van der Waals surface area contributed by atoms with Crippen LogP contribution in [0.15, 0.2) is 18.2 Å². The number of aromatic carboxylic acids is 2. The van der Waals surface area contributed by atoms with E-state index in [-0.39, 0.29) is 16.8 Å². The number of hydrogen-bond donors (Lipinski definition) is 3. The molecule has 6 nitrogen and oxygen atoms in total. The molecule has 0 saturated heterocycles. The fraction of sp³-hybridized carbons (Fsp3) is 0.308. The van der Waals surface area contributed by atoms with Crippen LogP contribution in [0.1, 0.15) is 41.5 Å². The molecule has 6 heteroatoms. The standard InChI is InChI=1S/C13H15NO5/c1-13(2,3)12(19)14-9-6-7(10(15)16)4-5-8(9)11(17)18/h4-6H,1-3H3,(H,14,19)(H,15,16)(H,17,18). The molecule has 0 radical (unpaired) electrons. The summed E-state index contributed by atoms with van der Waals surface area (Å²) in [6, 6.07) is 3.47. The summed E-state index contributed by atoms with van der Waals surface area (Å²) in [5, 5.41) is 20.3. The fourth-order valence-electron chi connectivity index (χ4n) is 1.28. The van der Waals surface area contributed by atoms with Crippen molar-refractivity contribution in [3.05, 3.63) is 29.3 Å². The third-order valence-corrected chi connectivity index (χ3v) is 2.43. The topological polar surface area (TPSA) is 104 Å². The molecule has 1 amide bonds. The van der Waals surface area contributed by atoms with Crippen LogP contribution in [0.5, 0.6) is 0 Å². The van der Waals surface area contributed by atoms with Gasteiger partial charge in [-0.2, -0.15) is 0 Å². The van der Waals surface area contributed by atoms with Crippen LogP contribution >= 0.6 is 0 Å². The lowest BCUT2D eigenvalue weighted by Crippen LogP contribution is -2.28. The highest BCUT2D eigenvalue weighted by atomic mass is 16.4. The first kappa shape index (κ1) is 14.7. The molecule has 19 heavy (non-hydrogen) atoms. The van der Waals surface area contributed by atoms with Crippen molar-refractivity contribution >= 4 is 23.5 Å². The van der Waals surface area contributed by atoms with Crippen molar-refractivity contribution in [2.45, 2.75) is 20.8 Å².